The van der Waals surface area contributed by atoms with Crippen molar-refractivity contribution >= 4 is 23.0 Å². The smallest absolute Gasteiger partial charge is 0.419 e. The van der Waals surface area contributed by atoms with E-state index in [1.807, 2.05) is 0 Å². The summed E-state index contributed by atoms with van der Waals surface area (Å²) in [5, 5.41) is 3.02. The Morgan fingerprint density at radius 1 is 1.29 bits per heavy atom. The van der Waals surface area contributed by atoms with Gasteiger partial charge in [0.2, 0.25) is 0 Å². The van der Waals surface area contributed by atoms with Gasteiger partial charge in [-0.1, -0.05) is 38.8 Å². The lowest BCUT2D eigenvalue weighted by Gasteiger charge is -2.35. The first-order chi connectivity index (χ1) is 13.4. The number of esters is 1. The van der Waals surface area contributed by atoms with E-state index < -0.39 is 17.8 Å². The van der Waals surface area contributed by atoms with Crippen molar-refractivity contribution in [2.75, 3.05) is 0 Å². The number of hydrogen-bond acceptors (Lipinski definition) is 5. The summed E-state index contributed by atoms with van der Waals surface area (Å²) in [6.07, 6.45) is 2.35. The predicted octanol–water partition coefficient (Wildman–Crippen LogP) is 2.86. The summed E-state index contributed by atoms with van der Waals surface area (Å²) in [4.78, 5) is 36.5. The largest absolute Gasteiger partial charge is 0.452 e. The van der Waals surface area contributed by atoms with Gasteiger partial charge in [-0.15, -0.1) is 0 Å². The van der Waals surface area contributed by atoms with Crippen LogP contribution in [0.4, 0.5) is 0 Å². The molecule has 0 aliphatic heterocycles. The Morgan fingerprint density at radius 3 is 2.82 bits per heavy atom. The van der Waals surface area contributed by atoms with E-state index >= 15 is 0 Å². The van der Waals surface area contributed by atoms with Crippen molar-refractivity contribution in [2.24, 2.45) is 11.8 Å². The fraction of sp³-hybridized carbons (Fsp3) is 0.571. The van der Waals surface area contributed by atoms with E-state index in [1.165, 1.54) is 11.0 Å². The highest BCUT2D eigenvalue weighted by Crippen LogP contribution is 2.29. The van der Waals surface area contributed by atoms with Crippen molar-refractivity contribution in [3.05, 3.63) is 34.8 Å². The van der Waals surface area contributed by atoms with Crippen molar-refractivity contribution in [2.45, 2.75) is 65.1 Å². The van der Waals surface area contributed by atoms with Crippen LogP contribution >= 0.6 is 0 Å². The van der Waals surface area contributed by atoms with Gasteiger partial charge < -0.3 is 14.5 Å². The number of oxazole rings is 1. The lowest BCUT2D eigenvalue weighted by Crippen LogP contribution is -2.47. The molecule has 7 nitrogen and oxygen atoms in total. The maximum Gasteiger partial charge on any atom is 0.419 e. The molecule has 0 spiro atoms. The molecule has 1 aromatic heterocycles. The third kappa shape index (κ3) is 4.46. The number of fused-ring (bicyclic) bond motifs is 1. The minimum atomic E-state index is -0.866. The molecule has 1 aliphatic rings. The SMILES string of the molecule is C[C@H]1[C@@H](C)CCC[C@H]1NC(=O)[C@H](C)OC(=O)CCn1c(=O)oc2ccccc21. The van der Waals surface area contributed by atoms with Gasteiger partial charge in [0, 0.05) is 12.6 Å². The standard InChI is InChI=1S/C21H28N2O5/c1-13-7-6-8-16(14(13)2)22-20(25)15(3)27-19(24)11-12-23-17-9-4-5-10-18(17)28-21(23)26/h4-5,9-10,13-16H,6-8,11-12H2,1-3H3,(H,22,25)/t13-,14-,15-,16+/m0/s1. The number of carbonyl (C=O) groups excluding carboxylic acids is 2. The molecule has 0 unspecified atom stereocenters. The van der Waals surface area contributed by atoms with E-state index in [0.29, 0.717) is 22.9 Å². The molecular formula is C21H28N2O5. The average molecular weight is 388 g/mol. The van der Waals surface area contributed by atoms with E-state index in [9.17, 15) is 14.4 Å². The Balaban J connectivity index is 1.52. The Morgan fingerprint density at radius 2 is 2.04 bits per heavy atom. The van der Waals surface area contributed by atoms with Crippen LogP contribution in [-0.4, -0.2) is 28.6 Å². The molecule has 28 heavy (non-hydrogen) atoms. The Labute approximate surface area is 164 Å². The fourth-order valence-electron chi connectivity index (χ4n) is 3.82. The van der Waals surface area contributed by atoms with E-state index in [1.54, 1.807) is 31.2 Å². The number of rotatable bonds is 6. The van der Waals surface area contributed by atoms with E-state index in [-0.39, 0.29) is 24.9 Å². The molecule has 2 aromatic rings. The molecular weight excluding hydrogens is 360 g/mol. The van der Waals surface area contributed by atoms with Gasteiger partial charge in [-0.2, -0.15) is 0 Å². The van der Waals surface area contributed by atoms with Crippen LogP contribution in [0, 0.1) is 11.8 Å². The Hall–Kier alpha value is -2.57. The summed E-state index contributed by atoms with van der Waals surface area (Å²) in [5.41, 5.74) is 1.11. The minimum Gasteiger partial charge on any atom is -0.452 e. The number of para-hydroxylation sites is 2. The van der Waals surface area contributed by atoms with Gasteiger partial charge in [0.05, 0.1) is 11.9 Å². The average Bonchev–Trinajstić information content (AvgIpc) is 2.98. The minimum absolute atomic E-state index is 0.0160. The van der Waals surface area contributed by atoms with Crippen molar-refractivity contribution < 1.29 is 18.7 Å². The normalized spacial score (nSPS) is 23.3. The maximum absolute atomic E-state index is 12.4. The second-order valence-corrected chi connectivity index (χ2v) is 7.75. The third-order valence-corrected chi connectivity index (χ3v) is 5.83. The van der Waals surface area contributed by atoms with Crippen molar-refractivity contribution in [1.29, 1.82) is 0 Å². The first kappa shape index (κ1) is 20.2. The molecule has 1 amide bonds. The summed E-state index contributed by atoms with van der Waals surface area (Å²) in [5.74, 6) is -0.336. The third-order valence-electron chi connectivity index (χ3n) is 5.83. The lowest BCUT2D eigenvalue weighted by molar-refractivity contribution is -0.155. The van der Waals surface area contributed by atoms with E-state index in [0.717, 1.165) is 12.8 Å². The van der Waals surface area contributed by atoms with Crippen LogP contribution in [0.1, 0.15) is 46.5 Å². The zero-order valence-electron chi connectivity index (χ0n) is 16.6. The Bertz CT molecular complexity index is 900. The number of nitrogens with zero attached hydrogens (tertiary/aromatic N) is 1. The monoisotopic (exact) mass is 388 g/mol. The number of ether oxygens (including phenoxy) is 1. The molecule has 0 saturated heterocycles. The molecule has 7 heteroatoms. The molecule has 0 radical (unpaired) electrons. The number of carbonyl (C=O) groups is 2. The summed E-state index contributed by atoms with van der Waals surface area (Å²) in [7, 11) is 0. The fourth-order valence-corrected chi connectivity index (χ4v) is 3.82. The first-order valence-corrected chi connectivity index (χ1v) is 9.95. The second kappa shape index (κ2) is 8.63. The molecule has 152 valence electrons. The van der Waals surface area contributed by atoms with Crippen LogP contribution in [0.3, 0.4) is 0 Å². The van der Waals surface area contributed by atoms with Crippen LogP contribution in [0.15, 0.2) is 33.5 Å². The van der Waals surface area contributed by atoms with Crippen molar-refractivity contribution in [3.63, 3.8) is 0 Å². The van der Waals surface area contributed by atoms with Crippen LogP contribution in [0.2, 0.25) is 0 Å². The molecule has 1 saturated carbocycles. The molecule has 0 bridgehead atoms. The lowest BCUT2D eigenvalue weighted by atomic mass is 9.78. The number of benzene rings is 1. The summed E-state index contributed by atoms with van der Waals surface area (Å²) in [6, 6.07) is 7.15. The van der Waals surface area contributed by atoms with Gasteiger partial charge >= 0.3 is 11.7 Å². The summed E-state index contributed by atoms with van der Waals surface area (Å²) >= 11 is 0. The van der Waals surface area contributed by atoms with Gasteiger partial charge in [-0.25, -0.2) is 4.79 Å². The van der Waals surface area contributed by atoms with Gasteiger partial charge in [0.15, 0.2) is 11.7 Å². The number of aryl methyl sites for hydroxylation is 1. The van der Waals surface area contributed by atoms with Crippen LogP contribution in [-0.2, 0) is 20.9 Å². The topological polar surface area (TPSA) is 90.5 Å². The first-order valence-electron chi connectivity index (χ1n) is 9.95. The van der Waals surface area contributed by atoms with Gasteiger partial charge in [-0.05, 0) is 37.3 Å². The zero-order chi connectivity index (χ0) is 20.3. The highest BCUT2D eigenvalue weighted by atomic mass is 16.5. The quantitative estimate of drug-likeness (QED) is 0.769. The molecule has 3 rings (SSSR count). The second-order valence-electron chi connectivity index (χ2n) is 7.75. The molecule has 4 atom stereocenters. The van der Waals surface area contributed by atoms with Crippen LogP contribution in [0.5, 0.6) is 0 Å². The summed E-state index contributed by atoms with van der Waals surface area (Å²) < 4.78 is 11.8. The number of aromatic nitrogens is 1. The zero-order valence-corrected chi connectivity index (χ0v) is 16.6. The van der Waals surface area contributed by atoms with Crippen LogP contribution < -0.4 is 11.1 Å². The van der Waals surface area contributed by atoms with E-state index in [2.05, 4.69) is 19.2 Å². The molecule has 1 aromatic carbocycles. The van der Waals surface area contributed by atoms with Gasteiger partial charge in [0.1, 0.15) is 0 Å². The predicted molar refractivity (Wildman–Crippen MR) is 105 cm³/mol. The molecule has 1 aliphatic carbocycles. The van der Waals surface area contributed by atoms with Crippen LogP contribution in [0.25, 0.3) is 11.1 Å². The molecule has 1 N–H and O–H groups in total. The van der Waals surface area contributed by atoms with Crippen molar-refractivity contribution in [1.82, 2.24) is 9.88 Å². The highest BCUT2D eigenvalue weighted by molar-refractivity contribution is 5.83. The van der Waals surface area contributed by atoms with Gasteiger partial charge in [-0.3, -0.25) is 14.2 Å². The maximum atomic E-state index is 12.4. The van der Waals surface area contributed by atoms with Crippen molar-refractivity contribution in [3.8, 4) is 0 Å². The molecule has 1 fully saturated rings. The summed E-state index contributed by atoms with van der Waals surface area (Å²) in [6.45, 7) is 6.07. The van der Waals surface area contributed by atoms with E-state index in [4.69, 9.17) is 9.15 Å². The van der Waals surface area contributed by atoms with Gasteiger partial charge in [0.25, 0.3) is 5.91 Å². The molecule has 1 heterocycles. The number of nitrogens with one attached hydrogen (secondary N) is 1. The number of amides is 1. The number of hydrogen-bond donors (Lipinski definition) is 1. The Kier molecular flexibility index (Phi) is 6.21. The highest BCUT2D eigenvalue weighted by Gasteiger charge is 2.30.